The summed E-state index contributed by atoms with van der Waals surface area (Å²) in [7, 11) is 0. The summed E-state index contributed by atoms with van der Waals surface area (Å²) in [6, 6.07) is 15.9. The van der Waals surface area contributed by atoms with Gasteiger partial charge in [-0.2, -0.15) is 13.2 Å². The van der Waals surface area contributed by atoms with E-state index < -0.39 is 23.1 Å². The van der Waals surface area contributed by atoms with E-state index in [4.69, 9.17) is 0 Å². The summed E-state index contributed by atoms with van der Waals surface area (Å²) in [5, 5.41) is 3.24. The molecule has 0 amide bonds. The molecule has 3 aromatic rings. The molecule has 6 heteroatoms. The Morgan fingerprint density at radius 2 is 1.45 bits per heavy atom. The molecule has 0 saturated carbocycles. The van der Waals surface area contributed by atoms with Crippen molar-refractivity contribution in [2.24, 2.45) is 5.92 Å². The summed E-state index contributed by atoms with van der Waals surface area (Å²) >= 11 is 0. The van der Waals surface area contributed by atoms with Crippen molar-refractivity contribution in [2.75, 3.05) is 5.32 Å². The summed E-state index contributed by atoms with van der Waals surface area (Å²) < 4.78 is 68.8. The van der Waals surface area contributed by atoms with Crippen molar-refractivity contribution >= 4 is 5.69 Å². The Morgan fingerprint density at radius 1 is 0.806 bits per heavy atom. The van der Waals surface area contributed by atoms with Crippen molar-refractivity contribution in [1.82, 2.24) is 0 Å². The first-order valence-corrected chi connectivity index (χ1v) is 9.99. The number of rotatable bonds is 6. The maximum absolute atomic E-state index is 14.4. The first kappa shape index (κ1) is 22.8. The molecule has 0 aliphatic heterocycles. The van der Waals surface area contributed by atoms with Crippen molar-refractivity contribution in [3.05, 3.63) is 101 Å². The molecule has 3 aromatic carbocycles. The van der Waals surface area contributed by atoms with Crippen LogP contribution >= 0.6 is 0 Å². The van der Waals surface area contributed by atoms with Crippen LogP contribution in [0.5, 0.6) is 0 Å². The van der Waals surface area contributed by atoms with Gasteiger partial charge in [-0.1, -0.05) is 44.2 Å². The fourth-order valence-corrected chi connectivity index (χ4v) is 3.65. The molecule has 31 heavy (non-hydrogen) atoms. The van der Waals surface area contributed by atoms with Crippen LogP contribution in [-0.4, -0.2) is 0 Å². The fraction of sp³-hybridized carbons (Fsp3) is 0.280. The van der Waals surface area contributed by atoms with Crippen LogP contribution in [0.4, 0.5) is 27.6 Å². The third-order valence-electron chi connectivity index (χ3n) is 5.22. The van der Waals surface area contributed by atoms with Gasteiger partial charge in [-0.3, -0.25) is 0 Å². The highest BCUT2D eigenvalue weighted by Gasteiger charge is 2.36. The monoisotopic (exact) mass is 433 g/mol. The van der Waals surface area contributed by atoms with Crippen LogP contribution in [0.15, 0.2) is 66.7 Å². The van der Waals surface area contributed by atoms with Crippen molar-refractivity contribution in [2.45, 2.75) is 38.9 Å². The maximum atomic E-state index is 14.4. The van der Waals surface area contributed by atoms with E-state index in [9.17, 15) is 22.0 Å². The lowest BCUT2D eigenvalue weighted by Crippen LogP contribution is -2.34. The summed E-state index contributed by atoms with van der Waals surface area (Å²) in [4.78, 5) is 0. The maximum Gasteiger partial charge on any atom is 0.416 e. The number of halogens is 5. The van der Waals surface area contributed by atoms with Gasteiger partial charge in [-0.05, 0) is 72.4 Å². The van der Waals surface area contributed by atoms with E-state index in [1.807, 2.05) is 19.9 Å². The largest absolute Gasteiger partial charge is 0.416 e. The Labute approximate surface area is 178 Å². The van der Waals surface area contributed by atoms with Crippen LogP contribution in [0.25, 0.3) is 0 Å². The van der Waals surface area contributed by atoms with Gasteiger partial charge in [0.25, 0.3) is 0 Å². The minimum atomic E-state index is -4.70. The Hall–Kier alpha value is -2.89. The van der Waals surface area contributed by atoms with Crippen LogP contribution < -0.4 is 5.32 Å². The van der Waals surface area contributed by atoms with E-state index in [-0.39, 0.29) is 17.3 Å². The number of para-hydroxylation sites is 1. The average Bonchev–Trinajstić information content (AvgIpc) is 2.69. The van der Waals surface area contributed by atoms with Gasteiger partial charge in [0.05, 0.1) is 11.1 Å². The molecule has 0 bridgehead atoms. The third-order valence-corrected chi connectivity index (χ3v) is 5.22. The Morgan fingerprint density at radius 3 is 2.06 bits per heavy atom. The standard InChI is InChI=1S/C25H24F5N/c1-16(2)11-17-12-18(9-10-23(17)27)24(3,31-22-7-5-4-6-8-22)19-13-20(25(28,29)30)15-21(26)14-19/h4-10,12-16,31H,11H2,1-3H3/t24-/m1/s1. The van der Waals surface area contributed by atoms with Crippen LogP contribution in [0, 0.1) is 17.6 Å². The molecule has 1 N–H and O–H groups in total. The third kappa shape index (κ3) is 5.24. The van der Waals surface area contributed by atoms with E-state index in [1.165, 1.54) is 12.1 Å². The minimum Gasteiger partial charge on any atom is -0.372 e. The topological polar surface area (TPSA) is 12.0 Å². The van der Waals surface area contributed by atoms with Gasteiger partial charge >= 0.3 is 6.18 Å². The normalized spacial score (nSPS) is 13.8. The first-order valence-electron chi connectivity index (χ1n) is 9.99. The molecule has 1 atom stereocenters. The van der Waals surface area contributed by atoms with E-state index in [1.54, 1.807) is 37.3 Å². The van der Waals surface area contributed by atoms with E-state index in [0.29, 0.717) is 29.3 Å². The van der Waals surface area contributed by atoms with Gasteiger partial charge in [0, 0.05) is 5.69 Å². The molecule has 0 fully saturated rings. The molecule has 0 radical (unpaired) electrons. The number of benzene rings is 3. The summed E-state index contributed by atoms with van der Waals surface area (Å²) in [5.41, 5.74) is -0.604. The molecule has 0 unspecified atom stereocenters. The van der Waals surface area contributed by atoms with E-state index in [0.717, 1.165) is 12.1 Å². The van der Waals surface area contributed by atoms with Crippen LogP contribution in [0.1, 0.15) is 43.0 Å². The fourth-order valence-electron chi connectivity index (χ4n) is 3.65. The van der Waals surface area contributed by atoms with E-state index >= 15 is 0 Å². The molecule has 0 spiro atoms. The lowest BCUT2D eigenvalue weighted by Gasteiger charge is -2.34. The summed E-state index contributed by atoms with van der Waals surface area (Å²) in [6.45, 7) is 5.58. The van der Waals surface area contributed by atoms with Crippen molar-refractivity contribution < 1.29 is 22.0 Å². The predicted octanol–water partition coefficient (Wildman–Crippen LogP) is 7.56. The molecule has 0 heterocycles. The van der Waals surface area contributed by atoms with Gasteiger partial charge in [0.1, 0.15) is 11.6 Å². The highest BCUT2D eigenvalue weighted by Crippen LogP contribution is 2.38. The molecular weight excluding hydrogens is 409 g/mol. The van der Waals surface area contributed by atoms with Gasteiger partial charge in [0.2, 0.25) is 0 Å². The number of alkyl halides is 3. The lowest BCUT2D eigenvalue weighted by atomic mass is 9.82. The van der Waals surface area contributed by atoms with Crippen LogP contribution in [-0.2, 0) is 18.1 Å². The number of nitrogens with one attached hydrogen (secondary N) is 1. The second-order valence-electron chi connectivity index (χ2n) is 8.25. The first-order chi connectivity index (χ1) is 14.5. The highest BCUT2D eigenvalue weighted by atomic mass is 19.4. The van der Waals surface area contributed by atoms with Crippen molar-refractivity contribution in [3.8, 4) is 0 Å². The van der Waals surface area contributed by atoms with Gasteiger partial charge in [0.15, 0.2) is 0 Å². The molecular formula is C25H24F5N. The zero-order chi connectivity index (χ0) is 22.8. The molecule has 0 aliphatic carbocycles. The lowest BCUT2D eigenvalue weighted by molar-refractivity contribution is -0.137. The second-order valence-corrected chi connectivity index (χ2v) is 8.25. The average molecular weight is 433 g/mol. The van der Waals surface area contributed by atoms with Crippen molar-refractivity contribution in [3.63, 3.8) is 0 Å². The zero-order valence-electron chi connectivity index (χ0n) is 17.5. The molecule has 0 aliphatic rings. The minimum absolute atomic E-state index is 0.0887. The van der Waals surface area contributed by atoms with Crippen LogP contribution in [0.3, 0.4) is 0 Å². The summed E-state index contributed by atoms with van der Waals surface area (Å²) in [5.74, 6) is -1.19. The number of hydrogen-bond donors (Lipinski definition) is 1. The number of hydrogen-bond acceptors (Lipinski definition) is 1. The zero-order valence-corrected chi connectivity index (χ0v) is 17.5. The molecule has 1 nitrogen and oxygen atoms in total. The molecule has 164 valence electrons. The second kappa shape index (κ2) is 8.69. The summed E-state index contributed by atoms with van der Waals surface area (Å²) in [6.07, 6.45) is -4.23. The Balaban J connectivity index is 2.21. The molecule has 0 aromatic heterocycles. The van der Waals surface area contributed by atoms with Gasteiger partial charge < -0.3 is 5.32 Å². The predicted molar refractivity (Wildman–Crippen MR) is 113 cm³/mol. The van der Waals surface area contributed by atoms with Crippen molar-refractivity contribution in [1.29, 1.82) is 0 Å². The Kier molecular flexibility index (Phi) is 6.39. The quantitative estimate of drug-likeness (QED) is 0.396. The van der Waals surface area contributed by atoms with E-state index in [2.05, 4.69) is 5.32 Å². The Bertz CT molecular complexity index is 1040. The molecule has 3 rings (SSSR count). The number of anilines is 1. The van der Waals surface area contributed by atoms with Gasteiger partial charge in [-0.25, -0.2) is 8.78 Å². The van der Waals surface area contributed by atoms with Crippen LogP contribution in [0.2, 0.25) is 0 Å². The highest BCUT2D eigenvalue weighted by molar-refractivity contribution is 5.54. The smallest absolute Gasteiger partial charge is 0.372 e. The van der Waals surface area contributed by atoms with Gasteiger partial charge in [-0.15, -0.1) is 0 Å². The SMILES string of the molecule is CC(C)Cc1cc([C@@](C)(Nc2ccccc2)c2cc(F)cc(C(F)(F)F)c2)ccc1F. The molecule has 0 saturated heterocycles.